The smallest absolute Gasteiger partial charge is 0.224 e. The van der Waals surface area contributed by atoms with Crippen molar-refractivity contribution in [1.29, 1.82) is 0 Å². The number of nitrogens with zero attached hydrogens (tertiary/aromatic N) is 2. The molecule has 5 heteroatoms. The molecule has 1 unspecified atom stereocenters. The Labute approximate surface area is 108 Å². The van der Waals surface area contributed by atoms with E-state index >= 15 is 0 Å². The van der Waals surface area contributed by atoms with Gasteiger partial charge in [0.05, 0.1) is 4.47 Å². The highest BCUT2D eigenvalue weighted by Crippen LogP contribution is 2.23. The van der Waals surface area contributed by atoms with Crippen LogP contribution in [0.5, 0.6) is 0 Å². The van der Waals surface area contributed by atoms with Crippen LogP contribution in [0.1, 0.15) is 25.7 Å². The van der Waals surface area contributed by atoms with Gasteiger partial charge in [-0.2, -0.15) is 4.98 Å². The van der Waals surface area contributed by atoms with Gasteiger partial charge in [0.25, 0.3) is 0 Å². The van der Waals surface area contributed by atoms with E-state index < -0.39 is 0 Å². The van der Waals surface area contributed by atoms with E-state index in [1.54, 1.807) is 6.20 Å². The molecular weight excluding hydrogens is 289 g/mol. The molecule has 1 atom stereocenters. The van der Waals surface area contributed by atoms with Crippen molar-refractivity contribution in [3.8, 4) is 0 Å². The van der Waals surface area contributed by atoms with E-state index in [-0.39, 0.29) is 5.28 Å². The molecule has 0 spiro atoms. The molecule has 86 valence electrons. The molecule has 0 bridgehead atoms. The number of aromatic nitrogens is 2. The zero-order chi connectivity index (χ0) is 11.4. The Morgan fingerprint density at radius 2 is 2.31 bits per heavy atom. The van der Waals surface area contributed by atoms with Crippen LogP contribution < -0.4 is 5.32 Å². The lowest BCUT2D eigenvalue weighted by atomic mass is 10.1. The highest BCUT2D eigenvalue weighted by atomic mass is 79.9. The molecule has 0 radical (unpaired) electrons. The number of halogens is 2. The lowest BCUT2D eigenvalue weighted by Crippen LogP contribution is -2.17. The molecule has 1 aliphatic rings. The van der Waals surface area contributed by atoms with Crippen molar-refractivity contribution < 1.29 is 0 Å². The van der Waals surface area contributed by atoms with Crippen molar-refractivity contribution in [2.75, 3.05) is 5.32 Å². The summed E-state index contributed by atoms with van der Waals surface area (Å²) in [6.07, 6.45) is 10.9. The van der Waals surface area contributed by atoms with Gasteiger partial charge in [0, 0.05) is 12.2 Å². The molecule has 1 aromatic rings. The number of nitrogens with one attached hydrogen (secondary N) is 1. The van der Waals surface area contributed by atoms with Gasteiger partial charge in [-0.3, -0.25) is 0 Å². The van der Waals surface area contributed by atoms with E-state index in [9.17, 15) is 0 Å². The first-order chi connectivity index (χ1) is 7.75. The minimum Gasteiger partial charge on any atom is -0.363 e. The molecular formula is C11H13BrClN3. The maximum absolute atomic E-state index is 5.77. The average molecular weight is 303 g/mol. The lowest BCUT2D eigenvalue weighted by Gasteiger charge is -2.15. The zero-order valence-corrected chi connectivity index (χ0v) is 11.1. The third-order valence-corrected chi connectivity index (χ3v) is 3.30. The van der Waals surface area contributed by atoms with Crippen LogP contribution >= 0.6 is 27.5 Å². The lowest BCUT2D eigenvalue weighted by molar-refractivity contribution is 0.677. The van der Waals surface area contributed by atoms with Crippen LogP contribution in [-0.2, 0) is 0 Å². The summed E-state index contributed by atoms with van der Waals surface area (Å²) < 4.78 is 0.842. The van der Waals surface area contributed by atoms with Crippen LogP contribution in [0.15, 0.2) is 22.8 Å². The van der Waals surface area contributed by atoms with Gasteiger partial charge in [0.15, 0.2) is 0 Å². The van der Waals surface area contributed by atoms with Crippen LogP contribution in [0.25, 0.3) is 0 Å². The average Bonchev–Trinajstić information content (AvgIpc) is 2.52. The first-order valence-corrected chi connectivity index (χ1v) is 6.54. The third kappa shape index (κ3) is 3.19. The summed E-state index contributed by atoms with van der Waals surface area (Å²) in [4.78, 5) is 8.06. The predicted molar refractivity (Wildman–Crippen MR) is 69.8 cm³/mol. The van der Waals surface area contributed by atoms with Gasteiger partial charge < -0.3 is 5.32 Å². The van der Waals surface area contributed by atoms with Crippen molar-refractivity contribution >= 4 is 33.3 Å². The van der Waals surface area contributed by atoms with Gasteiger partial charge in [0.2, 0.25) is 5.28 Å². The Bertz CT molecular complexity index is 395. The molecule has 3 nitrogen and oxygen atoms in total. The van der Waals surface area contributed by atoms with E-state index in [1.807, 2.05) is 0 Å². The Morgan fingerprint density at radius 1 is 1.44 bits per heavy atom. The largest absolute Gasteiger partial charge is 0.363 e. The van der Waals surface area contributed by atoms with Crippen molar-refractivity contribution in [3.05, 3.63) is 28.1 Å². The summed E-state index contributed by atoms with van der Waals surface area (Å²) in [5, 5.41) is 3.63. The fourth-order valence-corrected chi connectivity index (χ4v) is 2.16. The first kappa shape index (κ1) is 11.9. The minimum absolute atomic E-state index is 0.267. The monoisotopic (exact) mass is 301 g/mol. The van der Waals surface area contributed by atoms with Crippen LogP contribution in [0.2, 0.25) is 5.28 Å². The van der Waals surface area contributed by atoms with Crippen LogP contribution in [0.4, 0.5) is 5.82 Å². The van der Waals surface area contributed by atoms with Gasteiger partial charge in [-0.25, -0.2) is 4.98 Å². The maximum atomic E-state index is 5.77. The highest BCUT2D eigenvalue weighted by molar-refractivity contribution is 9.10. The molecule has 2 rings (SSSR count). The first-order valence-electron chi connectivity index (χ1n) is 5.37. The molecule has 16 heavy (non-hydrogen) atoms. The van der Waals surface area contributed by atoms with Crippen LogP contribution in [-0.4, -0.2) is 16.0 Å². The van der Waals surface area contributed by atoms with Gasteiger partial charge in [-0.15, -0.1) is 0 Å². The highest BCUT2D eigenvalue weighted by Gasteiger charge is 2.10. The molecule has 0 aliphatic heterocycles. The molecule has 0 amide bonds. The standard InChI is InChI=1S/C11H13BrClN3/c12-9-7-14-11(13)16-10(9)15-8-5-3-1-2-4-6-8/h3,5,7-8H,1-2,4,6H2,(H,14,15,16). The Balaban J connectivity index is 2.10. The van der Waals surface area contributed by atoms with Gasteiger partial charge in [-0.1, -0.05) is 18.6 Å². The van der Waals surface area contributed by atoms with Gasteiger partial charge in [0.1, 0.15) is 5.82 Å². The van der Waals surface area contributed by atoms with E-state index in [1.165, 1.54) is 19.3 Å². The Morgan fingerprint density at radius 3 is 3.19 bits per heavy atom. The zero-order valence-electron chi connectivity index (χ0n) is 8.79. The summed E-state index contributed by atoms with van der Waals surface area (Å²) in [5.74, 6) is 0.761. The van der Waals surface area contributed by atoms with E-state index in [2.05, 4.69) is 43.4 Å². The second kappa shape index (κ2) is 5.64. The summed E-state index contributed by atoms with van der Waals surface area (Å²) in [5.41, 5.74) is 0. The van der Waals surface area contributed by atoms with Crippen molar-refractivity contribution in [3.63, 3.8) is 0 Å². The van der Waals surface area contributed by atoms with Crippen LogP contribution in [0.3, 0.4) is 0 Å². The van der Waals surface area contributed by atoms with Gasteiger partial charge in [-0.05, 0) is 46.8 Å². The summed E-state index contributed by atoms with van der Waals surface area (Å²) >= 11 is 9.17. The summed E-state index contributed by atoms with van der Waals surface area (Å²) in [6.45, 7) is 0. The fraction of sp³-hybridized carbons (Fsp3) is 0.455. The van der Waals surface area contributed by atoms with E-state index in [0.29, 0.717) is 6.04 Å². The molecule has 1 aliphatic carbocycles. The van der Waals surface area contributed by atoms with Crippen molar-refractivity contribution in [2.45, 2.75) is 31.7 Å². The molecule has 0 fully saturated rings. The van der Waals surface area contributed by atoms with Gasteiger partial charge >= 0.3 is 0 Å². The van der Waals surface area contributed by atoms with E-state index in [0.717, 1.165) is 16.7 Å². The van der Waals surface area contributed by atoms with Crippen LogP contribution in [0, 0.1) is 0 Å². The number of hydrogen-bond donors (Lipinski definition) is 1. The molecule has 1 N–H and O–H groups in total. The second-order valence-corrected chi connectivity index (χ2v) is 4.99. The minimum atomic E-state index is 0.267. The number of rotatable bonds is 2. The van der Waals surface area contributed by atoms with Crippen molar-refractivity contribution in [1.82, 2.24) is 9.97 Å². The summed E-state index contributed by atoms with van der Waals surface area (Å²) in [6, 6.07) is 0.338. The van der Waals surface area contributed by atoms with E-state index in [4.69, 9.17) is 11.6 Å². The van der Waals surface area contributed by atoms with Crippen molar-refractivity contribution in [2.24, 2.45) is 0 Å². The third-order valence-electron chi connectivity index (χ3n) is 2.54. The Kier molecular flexibility index (Phi) is 4.18. The number of hydrogen-bond acceptors (Lipinski definition) is 3. The molecule has 0 aromatic carbocycles. The molecule has 0 saturated heterocycles. The predicted octanol–water partition coefficient (Wildman–Crippen LogP) is 3.80. The SMILES string of the molecule is Clc1ncc(Br)c(NC2C=CCCCC2)n1. The molecule has 1 aromatic heterocycles. The quantitative estimate of drug-likeness (QED) is 0.667. The normalized spacial score (nSPS) is 20.5. The Hall–Kier alpha value is -0.610. The topological polar surface area (TPSA) is 37.8 Å². The fourth-order valence-electron chi connectivity index (χ4n) is 1.73. The number of anilines is 1. The molecule has 1 heterocycles. The number of allylic oxidation sites excluding steroid dienone is 1. The second-order valence-electron chi connectivity index (χ2n) is 3.80. The maximum Gasteiger partial charge on any atom is 0.224 e. The molecule has 0 saturated carbocycles. The summed E-state index contributed by atoms with van der Waals surface area (Å²) in [7, 11) is 0.